The Bertz CT molecular complexity index is 773. The van der Waals surface area contributed by atoms with Gasteiger partial charge < -0.3 is 0 Å². The Kier molecular flexibility index (Phi) is 3.35. The molecule has 2 unspecified atom stereocenters. The summed E-state index contributed by atoms with van der Waals surface area (Å²) in [5.41, 5.74) is 3.76. The largest absolute Gasteiger partial charge is 0.297 e. The van der Waals surface area contributed by atoms with Gasteiger partial charge in [-0.25, -0.2) is 0 Å². The smallest absolute Gasteiger partial charge is 0.162 e. The van der Waals surface area contributed by atoms with Crippen LogP contribution in [0.4, 0.5) is 0 Å². The molecule has 0 fully saturated rings. The van der Waals surface area contributed by atoms with Crippen molar-refractivity contribution in [3.05, 3.63) is 95.1 Å². The second-order valence-corrected chi connectivity index (χ2v) is 7.34. The van der Waals surface area contributed by atoms with Crippen molar-refractivity contribution in [1.82, 2.24) is 0 Å². The van der Waals surface area contributed by atoms with Crippen LogP contribution in [0.15, 0.2) is 84.0 Å². The highest BCUT2D eigenvalue weighted by atomic mass is 16.1. The van der Waals surface area contributed by atoms with E-state index in [2.05, 4.69) is 50.3 Å². The van der Waals surface area contributed by atoms with Crippen molar-refractivity contribution in [1.29, 1.82) is 0 Å². The predicted molar refractivity (Wildman–Crippen MR) is 98.0 cm³/mol. The van der Waals surface area contributed by atoms with Gasteiger partial charge in [-0.3, -0.25) is 4.79 Å². The summed E-state index contributed by atoms with van der Waals surface area (Å²) in [6, 6.07) is 20.6. The van der Waals surface area contributed by atoms with Gasteiger partial charge in [0, 0.05) is 0 Å². The molecular weight excluding hydrogens is 292 g/mol. The van der Waals surface area contributed by atoms with Gasteiger partial charge in [0.1, 0.15) is 0 Å². The van der Waals surface area contributed by atoms with Gasteiger partial charge in [-0.2, -0.15) is 0 Å². The average molecular weight is 314 g/mol. The van der Waals surface area contributed by atoms with Crippen LogP contribution >= 0.6 is 0 Å². The fourth-order valence-corrected chi connectivity index (χ4v) is 4.72. The molecule has 0 amide bonds. The van der Waals surface area contributed by atoms with Crippen molar-refractivity contribution in [2.24, 2.45) is 0 Å². The summed E-state index contributed by atoms with van der Waals surface area (Å²) >= 11 is 0. The third-order valence-corrected chi connectivity index (χ3v) is 5.49. The normalized spacial score (nSPS) is 29.0. The molecule has 2 aromatic carbocycles. The van der Waals surface area contributed by atoms with Crippen LogP contribution in [-0.4, -0.2) is 5.78 Å². The zero-order valence-corrected chi connectivity index (χ0v) is 14.3. The van der Waals surface area contributed by atoms with Crippen molar-refractivity contribution in [2.75, 3.05) is 0 Å². The molecular formula is C23H22O. The first kappa shape index (κ1) is 15.1. The molecule has 24 heavy (non-hydrogen) atoms. The molecule has 2 aliphatic rings. The van der Waals surface area contributed by atoms with Crippen molar-refractivity contribution < 1.29 is 4.79 Å². The number of fused-ring (bicyclic) bond motifs is 2. The second-order valence-electron chi connectivity index (χ2n) is 7.34. The molecule has 0 spiro atoms. The lowest BCUT2D eigenvalue weighted by molar-refractivity contribution is -0.128. The maximum atomic E-state index is 13.9. The van der Waals surface area contributed by atoms with Crippen molar-refractivity contribution in [3.63, 3.8) is 0 Å². The van der Waals surface area contributed by atoms with E-state index in [0.717, 1.165) is 24.0 Å². The molecule has 2 atom stereocenters. The number of rotatable bonds is 2. The Labute approximate surface area is 143 Å². The van der Waals surface area contributed by atoms with E-state index < -0.39 is 10.8 Å². The monoisotopic (exact) mass is 314 g/mol. The zero-order valence-electron chi connectivity index (χ0n) is 14.3. The summed E-state index contributed by atoms with van der Waals surface area (Å²) in [6.45, 7) is 4.33. The molecule has 0 N–H and O–H groups in total. The minimum Gasteiger partial charge on any atom is -0.297 e. The molecule has 0 aromatic heterocycles. The molecule has 0 saturated heterocycles. The molecule has 1 heteroatoms. The third-order valence-electron chi connectivity index (χ3n) is 5.49. The SMILES string of the molecule is CC1=CC2(c3ccccc3)CC(C)=CC(c3ccccc3)(C1)C2=O. The number of allylic oxidation sites excluding steroid dienone is 4. The summed E-state index contributed by atoms with van der Waals surface area (Å²) < 4.78 is 0. The van der Waals surface area contributed by atoms with Crippen LogP contribution in [0.5, 0.6) is 0 Å². The summed E-state index contributed by atoms with van der Waals surface area (Å²) in [6.07, 6.45) is 6.01. The van der Waals surface area contributed by atoms with Crippen LogP contribution in [0.1, 0.15) is 37.8 Å². The minimum atomic E-state index is -0.529. The average Bonchev–Trinajstić information content (AvgIpc) is 2.59. The summed E-state index contributed by atoms with van der Waals surface area (Å²) in [5, 5.41) is 0. The lowest BCUT2D eigenvalue weighted by atomic mass is 9.53. The van der Waals surface area contributed by atoms with Gasteiger partial charge >= 0.3 is 0 Å². The van der Waals surface area contributed by atoms with E-state index in [1.54, 1.807) is 0 Å². The first-order valence-corrected chi connectivity index (χ1v) is 8.59. The van der Waals surface area contributed by atoms with E-state index in [1.165, 1.54) is 11.1 Å². The maximum absolute atomic E-state index is 13.9. The van der Waals surface area contributed by atoms with Gasteiger partial charge in [-0.1, -0.05) is 84.0 Å². The molecule has 0 radical (unpaired) electrons. The van der Waals surface area contributed by atoms with Crippen LogP contribution < -0.4 is 0 Å². The Balaban J connectivity index is 2.00. The number of hydrogen-bond acceptors (Lipinski definition) is 1. The highest BCUT2D eigenvalue weighted by Gasteiger charge is 2.55. The number of hydrogen-bond donors (Lipinski definition) is 0. The predicted octanol–water partition coefficient (Wildman–Crippen LogP) is 5.13. The maximum Gasteiger partial charge on any atom is 0.162 e. The molecule has 4 rings (SSSR count). The minimum absolute atomic E-state index is 0.323. The van der Waals surface area contributed by atoms with E-state index in [4.69, 9.17) is 0 Å². The third kappa shape index (κ3) is 2.04. The lowest BCUT2D eigenvalue weighted by Gasteiger charge is -2.48. The first-order chi connectivity index (χ1) is 11.6. The fourth-order valence-electron chi connectivity index (χ4n) is 4.72. The number of carbonyl (C=O) groups is 1. The molecule has 0 saturated carbocycles. The lowest BCUT2D eigenvalue weighted by Crippen LogP contribution is -2.53. The molecule has 1 nitrogen and oxygen atoms in total. The Hall–Kier alpha value is -2.41. The van der Waals surface area contributed by atoms with Gasteiger partial charge in [-0.15, -0.1) is 0 Å². The topological polar surface area (TPSA) is 17.1 Å². The highest BCUT2D eigenvalue weighted by molar-refractivity contribution is 6.05. The molecule has 2 aliphatic carbocycles. The quantitative estimate of drug-likeness (QED) is 0.702. The van der Waals surface area contributed by atoms with Crippen molar-refractivity contribution >= 4 is 5.78 Å². The Morgan fingerprint density at radius 2 is 1.04 bits per heavy atom. The summed E-state index contributed by atoms with van der Waals surface area (Å²) in [5.74, 6) is 0.323. The van der Waals surface area contributed by atoms with Gasteiger partial charge in [-0.05, 0) is 37.8 Å². The number of carbonyl (C=O) groups excluding carboxylic acids is 1. The van der Waals surface area contributed by atoms with Gasteiger partial charge in [0.15, 0.2) is 5.78 Å². The number of Topliss-reactive ketones (excluding diaryl/α,β-unsaturated/α-hetero) is 1. The molecule has 120 valence electrons. The van der Waals surface area contributed by atoms with Gasteiger partial charge in [0.2, 0.25) is 0 Å². The zero-order chi connectivity index (χ0) is 16.8. The van der Waals surface area contributed by atoms with E-state index in [9.17, 15) is 4.79 Å². The first-order valence-electron chi connectivity index (χ1n) is 8.59. The van der Waals surface area contributed by atoms with Crippen LogP contribution in [0.25, 0.3) is 0 Å². The molecule has 0 aliphatic heterocycles. The number of ketones is 1. The second kappa shape index (κ2) is 5.31. The molecule has 0 heterocycles. The highest BCUT2D eigenvalue weighted by Crippen LogP contribution is 2.52. The van der Waals surface area contributed by atoms with E-state index in [1.807, 2.05) is 36.4 Å². The van der Waals surface area contributed by atoms with E-state index in [-0.39, 0.29) is 0 Å². The van der Waals surface area contributed by atoms with Gasteiger partial charge in [0.25, 0.3) is 0 Å². The Morgan fingerprint density at radius 1 is 0.667 bits per heavy atom. The van der Waals surface area contributed by atoms with Gasteiger partial charge in [0.05, 0.1) is 10.8 Å². The summed E-state index contributed by atoms with van der Waals surface area (Å²) in [7, 11) is 0. The van der Waals surface area contributed by atoms with Crippen LogP contribution in [0.3, 0.4) is 0 Å². The number of benzene rings is 2. The standard InChI is InChI=1S/C23H22O/c1-17-13-22(19-9-5-3-6-10-19)15-18(2)16-23(14-17,21(22)24)20-11-7-4-8-12-20/h3-13,16H,14-15H2,1-2H3. The summed E-state index contributed by atoms with van der Waals surface area (Å²) in [4.78, 5) is 13.9. The van der Waals surface area contributed by atoms with Crippen LogP contribution in [0.2, 0.25) is 0 Å². The van der Waals surface area contributed by atoms with Crippen LogP contribution in [-0.2, 0) is 15.6 Å². The molecule has 2 bridgehead atoms. The Morgan fingerprint density at radius 3 is 1.42 bits per heavy atom. The van der Waals surface area contributed by atoms with Crippen molar-refractivity contribution in [3.8, 4) is 0 Å². The van der Waals surface area contributed by atoms with Crippen LogP contribution in [0, 0.1) is 0 Å². The van der Waals surface area contributed by atoms with E-state index >= 15 is 0 Å². The fraction of sp³-hybridized carbons (Fsp3) is 0.261. The van der Waals surface area contributed by atoms with Crippen molar-refractivity contribution in [2.45, 2.75) is 37.5 Å². The molecule has 2 aromatic rings. The van der Waals surface area contributed by atoms with E-state index in [0.29, 0.717) is 5.78 Å².